The fraction of sp³-hybridized carbons (Fsp3) is 0.261. The number of terminal acetylenes is 1. The molecule has 128 valence electrons. The maximum atomic E-state index is 6.31. The highest BCUT2D eigenvalue weighted by molar-refractivity contribution is 6.14. The summed E-state index contributed by atoms with van der Waals surface area (Å²) in [5.41, 5.74) is 16.1. The minimum atomic E-state index is -0.0153. The van der Waals surface area contributed by atoms with E-state index in [1.165, 1.54) is 5.56 Å². The molecular weight excluding hydrogens is 304 g/mol. The summed E-state index contributed by atoms with van der Waals surface area (Å²) in [4.78, 5) is 4.79. The van der Waals surface area contributed by atoms with Crippen LogP contribution in [-0.4, -0.2) is 5.71 Å². The van der Waals surface area contributed by atoms with Crippen LogP contribution in [0, 0.1) is 19.3 Å². The number of allylic oxidation sites excluding steroid dienone is 6. The average molecular weight is 330 g/mol. The van der Waals surface area contributed by atoms with Crippen LogP contribution in [0.2, 0.25) is 0 Å². The highest BCUT2D eigenvalue weighted by atomic mass is 14.8. The second kappa shape index (κ2) is 6.99. The summed E-state index contributed by atoms with van der Waals surface area (Å²) < 4.78 is 0. The average Bonchev–Trinajstić information content (AvgIpc) is 2.52. The maximum absolute atomic E-state index is 6.31. The van der Waals surface area contributed by atoms with E-state index in [1.807, 2.05) is 39.8 Å². The summed E-state index contributed by atoms with van der Waals surface area (Å²) in [5, 5.41) is 0. The quantitative estimate of drug-likeness (QED) is 0.763. The van der Waals surface area contributed by atoms with Crippen molar-refractivity contribution in [1.29, 1.82) is 0 Å². The van der Waals surface area contributed by atoms with Gasteiger partial charge in [0.15, 0.2) is 0 Å². The van der Waals surface area contributed by atoms with Gasteiger partial charge in [-0.3, -0.25) is 4.99 Å². The minimum absolute atomic E-state index is 0.0153. The fourth-order valence-corrected chi connectivity index (χ4v) is 3.47. The first kappa shape index (κ1) is 18.5. The molecule has 1 aromatic rings. The zero-order valence-electron chi connectivity index (χ0n) is 15.8. The molecule has 0 saturated carbocycles. The lowest BCUT2D eigenvalue weighted by Gasteiger charge is -2.32. The van der Waals surface area contributed by atoms with Crippen LogP contribution < -0.4 is 5.73 Å². The third kappa shape index (κ3) is 3.37. The van der Waals surface area contributed by atoms with E-state index in [-0.39, 0.29) is 5.92 Å². The Morgan fingerprint density at radius 1 is 1.16 bits per heavy atom. The molecule has 0 bridgehead atoms. The highest BCUT2D eigenvalue weighted by Gasteiger charge is 2.32. The molecule has 2 rings (SSSR count). The number of nitrogens with two attached hydrogens (primary N) is 1. The molecule has 0 aromatic heterocycles. The van der Waals surface area contributed by atoms with Crippen LogP contribution in [0.5, 0.6) is 0 Å². The number of aliphatic imine (C=N–C) groups is 1. The Bertz CT molecular complexity index is 895. The fourth-order valence-electron chi connectivity index (χ4n) is 3.47. The number of aryl methyl sites for hydroxylation is 1. The molecule has 25 heavy (non-hydrogen) atoms. The summed E-state index contributed by atoms with van der Waals surface area (Å²) in [7, 11) is 0. The Hall–Kier alpha value is -2.79. The second-order valence-electron chi connectivity index (χ2n) is 6.77. The largest absolute Gasteiger partial charge is 0.402 e. The first-order valence-corrected chi connectivity index (χ1v) is 8.34. The molecule has 1 heterocycles. The minimum Gasteiger partial charge on any atom is -0.402 e. The van der Waals surface area contributed by atoms with Gasteiger partial charge in [0.1, 0.15) is 0 Å². The third-order valence-electron chi connectivity index (χ3n) is 4.54. The van der Waals surface area contributed by atoms with Crippen molar-refractivity contribution in [2.75, 3.05) is 0 Å². The van der Waals surface area contributed by atoms with Crippen LogP contribution in [-0.2, 0) is 0 Å². The van der Waals surface area contributed by atoms with Gasteiger partial charge < -0.3 is 5.73 Å². The molecule has 2 N–H and O–H groups in total. The summed E-state index contributed by atoms with van der Waals surface area (Å²) in [5.74, 6) is 2.68. The molecule has 0 unspecified atom stereocenters. The molecule has 2 nitrogen and oxygen atoms in total. The molecule has 0 saturated heterocycles. The number of nitrogens with zero attached hydrogens (tertiary/aromatic N) is 1. The van der Waals surface area contributed by atoms with Crippen molar-refractivity contribution in [3.05, 3.63) is 81.7 Å². The molecule has 2 heteroatoms. The van der Waals surface area contributed by atoms with E-state index in [9.17, 15) is 0 Å². The number of rotatable bonds is 3. The molecule has 0 radical (unpaired) electrons. The van der Waals surface area contributed by atoms with Crippen molar-refractivity contribution in [1.82, 2.24) is 0 Å². The van der Waals surface area contributed by atoms with Crippen molar-refractivity contribution in [2.45, 2.75) is 40.5 Å². The van der Waals surface area contributed by atoms with Gasteiger partial charge in [0.05, 0.1) is 5.71 Å². The molecule has 1 aliphatic rings. The van der Waals surface area contributed by atoms with Gasteiger partial charge >= 0.3 is 0 Å². The van der Waals surface area contributed by atoms with Gasteiger partial charge in [-0.2, -0.15) is 0 Å². The SMILES string of the molecule is C#Cc1ccc([C@H]2C(C(=C)C)=C(C)N=C(C(=C)C)/C2=C(/C)N)c(C)c1. The van der Waals surface area contributed by atoms with Gasteiger partial charge in [-0.1, -0.05) is 30.7 Å². The van der Waals surface area contributed by atoms with Crippen LogP contribution in [0.4, 0.5) is 0 Å². The number of hydrogen-bond acceptors (Lipinski definition) is 2. The zero-order valence-corrected chi connectivity index (χ0v) is 15.8. The Kier molecular flexibility index (Phi) is 5.18. The van der Waals surface area contributed by atoms with Crippen LogP contribution >= 0.6 is 0 Å². The van der Waals surface area contributed by atoms with Crippen LogP contribution in [0.15, 0.2) is 70.0 Å². The van der Waals surface area contributed by atoms with Gasteiger partial charge in [-0.25, -0.2) is 0 Å². The lowest BCUT2D eigenvalue weighted by Crippen LogP contribution is -2.24. The van der Waals surface area contributed by atoms with Crippen LogP contribution in [0.3, 0.4) is 0 Å². The Balaban J connectivity index is 2.86. The molecule has 0 amide bonds. The predicted molar refractivity (Wildman–Crippen MR) is 109 cm³/mol. The third-order valence-corrected chi connectivity index (χ3v) is 4.54. The molecule has 0 fully saturated rings. The molecule has 1 aliphatic heterocycles. The number of benzene rings is 1. The summed E-state index contributed by atoms with van der Waals surface area (Å²) in [6, 6.07) is 6.11. The van der Waals surface area contributed by atoms with E-state index in [4.69, 9.17) is 17.1 Å². The van der Waals surface area contributed by atoms with Crippen molar-refractivity contribution < 1.29 is 0 Å². The smallest absolute Gasteiger partial charge is 0.0714 e. The standard InChI is InChI=1S/C23H26N2/c1-9-18-10-11-19(15(6)12-18)22-20(13(2)3)17(8)25-23(14(4)5)21(22)16(7)24/h1,10-12,22H,2,4,24H2,3,5-8H3/b21-16-/t22-/m0/s1. The first-order chi connectivity index (χ1) is 11.7. The molecular formula is C23H26N2. The molecule has 0 aliphatic carbocycles. The number of hydrogen-bond donors (Lipinski definition) is 1. The Morgan fingerprint density at radius 2 is 1.80 bits per heavy atom. The lowest BCUT2D eigenvalue weighted by atomic mass is 9.74. The maximum Gasteiger partial charge on any atom is 0.0714 e. The van der Waals surface area contributed by atoms with E-state index in [1.54, 1.807) is 0 Å². The van der Waals surface area contributed by atoms with Crippen LogP contribution in [0.1, 0.15) is 50.3 Å². The Morgan fingerprint density at radius 3 is 2.24 bits per heavy atom. The van der Waals surface area contributed by atoms with Crippen molar-refractivity contribution in [2.24, 2.45) is 10.7 Å². The first-order valence-electron chi connectivity index (χ1n) is 8.34. The second-order valence-corrected chi connectivity index (χ2v) is 6.77. The topological polar surface area (TPSA) is 38.4 Å². The normalized spacial score (nSPS) is 19.2. The summed E-state index contributed by atoms with van der Waals surface area (Å²) in [6.07, 6.45) is 5.55. The zero-order chi connectivity index (χ0) is 18.9. The summed E-state index contributed by atoms with van der Waals surface area (Å²) >= 11 is 0. The van der Waals surface area contributed by atoms with Crippen molar-refractivity contribution >= 4 is 5.71 Å². The molecule has 1 aromatic carbocycles. The van der Waals surface area contributed by atoms with Crippen molar-refractivity contribution in [3.8, 4) is 12.3 Å². The van der Waals surface area contributed by atoms with Gasteiger partial charge in [0.25, 0.3) is 0 Å². The van der Waals surface area contributed by atoms with Gasteiger partial charge in [-0.05, 0) is 69.0 Å². The van der Waals surface area contributed by atoms with E-state index in [0.717, 1.165) is 50.5 Å². The van der Waals surface area contributed by atoms with E-state index in [2.05, 4.69) is 32.1 Å². The van der Waals surface area contributed by atoms with E-state index in [0.29, 0.717) is 0 Å². The predicted octanol–water partition coefficient (Wildman–Crippen LogP) is 5.17. The van der Waals surface area contributed by atoms with E-state index < -0.39 is 0 Å². The van der Waals surface area contributed by atoms with Crippen LogP contribution in [0.25, 0.3) is 0 Å². The van der Waals surface area contributed by atoms with Crippen molar-refractivity contribution in [3.63, 3.8) is 0 Å². The monoisotopic (exact) mass is 330 g/mol. The van der Waals surface area contributed by atoms with Gasteiger partial charge in [0, 0.05) is 28.4 Å². The van der Waals surface area contributed by atoms with Gasteiger partial charge in [-0.15, -0.1) is 6.42 Å². The lowest BCUT2D eigenvalue weighted by molar-refractivity contribution is 0.889. The highest BCUT2D eigenvalue weighted by Crippen LogP contribution is 2.44. The van der Waals surface area contributed by atoms with Gasteiger partial charge in [0.2, 0.25) is 0 Å². The summed E-state index contributed by atoms with van der Waals surface area (Å²) in [6.45, 7) is 18.3. The Labute approximate surface area is 151 Å². The molecule has 1 atom stereocenters. The molecule has 0 spiro atoms. The van der Waals surface area contributed by atoms with E-state index >= 15 is 0 Å².